The molecular formula is C19H25N3O2. The molecule has 0 heterocycles. The van der Waals surface area contributed by atoms with E-state index in [2.05, 4.69) is 41.5 Å². The first-order chi connectivity index (χ1) is 11.6. The Balaban J connectivity index is 1.85. The third-order valence-electron chi connectivity index (χ3n) is 3.68. The maximum Gasteiger partial charge on any atom is 0.188 e. The lowest BCUT2D eigenvalue weighted by Gasteiger charge is -2.09. The van der Waals surface area contributed by atoms with Gasteiger partial charge in [-0.15, -0.1) is 0 Å². The van der Waals surface area contributed by atoms with Gasteiger partial charge in [0.15, 0.2) is 17.5 Å². The molecule has 2 rings (SSSR count). The predicted octanol–water partition coefficient (Wildman–Crippen LogP) is 2.66. The number of hydrogen-bond acceptors (Lipinski definition) is 3. The zero-order chi connectivity index (χ0) is 17.4. The number of aliphatic imine (C=N–C) groups is 1. The molecule has 0 amide bonds. The number of rotatable bonds is 7. The van der Waals surface area contributed by atoms with Crippen LogP contribution in [0.4, 0.5) is 0 Å². The molecule has 128 valence electrons. The summed E-state index contributed by atoms with van der Waals surface area (Å²) in [6.45, 7) is 3.34. The van der Waals surface area contributed by atoms with E-state index in [9.17, 15) is 0 Å². The topological polar surface area (TPSA) is 68.9 Å². The minimum atomic E-state index is 0.442. The number of nitrogens with one attached hydrogen (secondary N) is 1. The van der Waals surface area contributed by atoms with Crippen molar-refractivity contribution in [1.29, 1.82) is 0 Å². The van der Waals surface area contributed by atoms with E-state index in [1.54, 1.807) is 14.2 Å². The standard InChI is InChI=1S/C19H25N3O2/c1-14-5-4-6-15(11-14)9-10-21-19(20)22-13-16-7-8-17(23-2)18(12-16)24-3/h4-8,11-12H,9-10,13H2,1-3H3,(H3,20,21,22). The number of aryl methyl sites for hydroxylation is 1. The summed E-state index contributed by atoms with van der Waals surface area (Å²) in [5.41, 5.74) is 9.49. The lowest BCUT2D eigenvalue weighted by molar-refractivity contribution is 0.354. The Labute approximate surface area is 143 Å². The normalized spacial score (nSPS) is 11.2. The molecule has 0 fully saturated rings. The van der Waals surface area contributed by atoms with Crippen LogP contribution in [-0.4, -0.2) is 26.7 Å². The molecule has 0 spiro atoms. The maximum atomic E-state index is 5.93. The van der Waals surface area contributed by atoms with Crippen LogP contribution in [-0.2, 0) is 13.0 Å². The van der Waals surface area contributed by atoms with E-state index < -0.39 is 0 Å². The van der Waals surface area contributed by atoms with E-state index in [0.29, 0.717) is 24.0 Å². The van der Waals surface area contributed by atoms with Crippen LogP contribution in [0.25, 0.3) is 0 Å². The van der Waals surface area contributed by atoms with E-state index in [1.165, 1.54) is 11.1 Å². The maximum absolute atomic E-state index is 5.93. The number of ether oxygens (including phenoxy) is 2. The molecule has 0 aromatic heterocycles. The molecule has 2 aromatic rings. The highest BCUT2D eigenvalue weighted by Gasteiger charge is 2.04. The van der Waals surface area contributed by atoms with E-state index in [1.807, 2.05) is 18.2 Å². The van der Waals surface area contributed by atoms with Crippen molar-refractivity contribution < 1.29 is 9.47 Å². The van der Waals surface area contributed by atoms with E-state index >= 15 is 0 Å². The van der Waals surface area contributed by atoms with E-state index in [4.69, 9.17) is 15.2 Å². The molecule has 0 saturated carbocycles. The van der Waals surface area contributed by atoms with Gasteiger partial charge in [0.05, 0.1) is 20.8 Å². The molecule has 0 bridgehead atoms. The molecule has 0 atom stereocenters. The molecule has 3 N–H and O–H groups in total. The minimum Gasteiger partial charge on any atom is -0.493 e. The number of methoxy groups -OCH3 is 2. The number of hydrogen-bond donors (Lipinski definition) is 2. The van der Waals surface area contributed by atoms with Gasteiger partial charge in [-0.3, -0.25) is 0 Å². The fraction of sp³-hybridized carbons (Fsp3) is 0.316. The Kier molecular flexibility index (Phi) is 6.49. The van der Waals surface area contributed by atoms with Crippen LogP contribution in [0.1, 0.15) is 16.7 Å². The lowest BCUT2D eigenvalue weighted by atomic mass is 10.1. The molecule has 0 aliphatic carbocycles. The number of nitrogens with zero attached hydrogens (tertiary/aromatic N) is 1. The van der Waals surface area contributed by atoms with Gasteiger partial charge in [-0.05, 0) is 36.6 Å². The summed E-state index contributed by atoms with van der Waals surface area (Å²) in [5, 5.41) is 3.14. The zero-order valence-corrected chi connectivity index (χ0v) is 14.5. The Bertz CT molecular complexity index is 699. The summed E-state index contributed by atoms with van der Waals surface area (Å²) >= 11 is 0. The van der Waals surface area contributed by atoms with Crippen LogP contribution in [0, 0.1) is 6.92 Å². The van der Waals surface area contributed by atoms with Crippen molar-refractivity contribution in [3.8, 4) is 11.5 Å². The average Bonchev–Trinajstić information content (AvgIpc) is 2.59. The lowest BCUT2D eigenvalue weighted by Crippen LogP contribution is -2.33. The fourth-order valence-electron chi connectivity index (χ4n) is 2.41. The number of guanidine groups is 1. The predicted molar refractivity (Wildman–Crippen MR) is 97.8 cm³/mol. The van der Waals surface area contributed by atoms with Gasteiger partial charge in [0.25, 0.3) is 0 Å². The van der Waals surface area contributed by atoms with Crippen molar-refractivity contribution in [3.63, 3.8) is 0 Å². The largest absolute Gasteiger partial charge is 0.493 e. The van der Waals surface area contributed by atoms with Crippen molar-refractivity contribution in [2.24, 2.45) is 10.7 Å². The van der Waals surface area contributed by atoms with Gasteiger partial charge in [-0.2, -0.15) is 0 Å². The summed E-state index contributed by atoms with van der Waals surface area (Å²) in [5.74, 6) is 1.84. The summed E-state index contributed by atoms with van der Waals surface area (Å²) in [4.78, 5) is 4.36. The molecule has 0 saturated heterocycles. The van der Waals surface area contributed by atoms with Crippen molar-refractivity contribution in [2.75, 3.05) is 20.8 Å². The summed E-state index contributed by atoms with van der Waals surface area (Å²) in [7, 11) is 3.23. The van der Waals surface area contributed by atoms with Gasteiger partial charge >= 0.3 is 0 Å². The summed E-state index contributed by atoms with van der Waals surface area (Å²) in [6.07, 6.45) is 0.911. The van der Waals surface area contributed by atoms with Gasteiger partial charge in [-0.1, -0.05) is 35.9 Å². The SMILES string of the molecule is COc1ccc(CN=C(N)NCCc2cccc(C)c2)cc1OC. The second kappa shape index (κ2) is 8.82. The average molecular weight is 327 g/mol. The van der Waals surface area contributed by atoms with Crippen molar-refractivity contribution >= 4 is 5.96 Å². The Morgan fingerprint density at radius 3 is 2.54 bits per heavy atom. The Morgan fingerprint density at radius 1 is 1.04 bits per heavy atom. The quantitative estimate of drug-likeness (QED) is 0.606. The van der Waals surface area contributed by atoms with Gasteiger partial charge in [0.1, 0.15) is 0 Å². The molecule has 0 aliphatic heterocycles. The highest BCUT2D eigenvalue weighted by atomic mass is 16.5. The second-order valence-electron chi connectivity index (χ2n) is 5.56. The summed E-state index contributed by atoms with van der Waals surface area (Å²) in [6, 6.07) is 14.2. The fourth-order valence-corrected chi connectivity index (χ4v) is 2.41. The van der Waals surface area contributed by atoms with Crippen LogP contribution >= 0.6 is 0 Å². The molecule has 0 aliphatic rings. The monoisotopic (exact) mass is 327 g/mol. The Hall–Kier alpha value is -2.69. The van der Waals surface area contributed by atoms with Crippen LogP contribution in [0.5, 0.6) is 11.5 Å². The smallest absolute Gasteiger partial charge is 0.188 e. The molecule has 0 unspecified atom stereocenters. The van der Waals surface area contributed by atoms with E-state index in [-0.39, 0.29) is 0 Å². The van der Waals surface area contributed by atoms with Crippen molar-refractivity contribution in [3.05, 3.63) is 59.2 Å². The minimum absolute atomic E-state index is 0.442. The highest BCUT2D eigenvalue weighted by molar-refractivity contribution is 5.77. The van der Waals surface area contributed by atoms with Crippen LogP contribution in [0.2, 0.25) is 0 Å². The number of nitrogens with two attached hydrogens (primary N) is 1. The van der Waals surface area contributed by atoms with Gasteiger partial charge in [0, 0.05) is 6.54 Å². The first-order valence-electron chi connectivity index (χ1n) is 7.92. The third kappa shape index (κ3) is 5.19. The van der Waals surface area contributed by atoms with Gasteiger partial charge < -0.3 is 20.5 Å². The first kappa shape index (κ1) is 17.7. The first-order valence-corrected chi connectivity index (χ1v) is 7.92. The zero-order valence-electron chi connectivity index (χ0n) is 14.5. The molecular weight excluding hydrogens is 302 g/mol. The highest BCUT2D eigenvalue weighted by Crippen LogP contribution is 2.27. The molecule has 0 radical (unpaired) electrons. The van der Waals surface area contributed by atoms with Crippen LogP contribution < -0.4 is 20.5 Å². The van der Waals surface area contributed by atoms with Crippen LogP contribution in [0.3, 0.4) is 0 Å². The van der Waals surface area contributed by atoms with Gasteiger partial charge in [-0.25, -0.2) is 4.99 Å². The van der Waals surface area contributed by atoms with Crippen molar-refractivity contribution in [1.82, 2.24) is 5.32 Å². The van der Waals surface area contributed by atoms with E-state index in [0.717, 1.165) is 18.5 Å². The molecule has 2 aromatic carbocycles. The van der Waals surface area contributed by atoms with Gasteiger partial charge in [0.2, 0.25) is 0 Å². The number of benzene rings is 2. The van der Waals surface area contributed by atoms with Crippen LogP contribution in [0.15, 0.2) is 47.5 Å². The second-order valence-corrected chi connectivity index (χ2v) is 5.56. The summed E-state index contributed by atoms with van der Waals surface area (Å²) < 4.78 is 10.5. The van der Waals surface area contributed by atoms with Crippen molar-refractivity contribution in [2.45, 2.75) is 19.9 Å². The molecule has 5 heteroatoms. The Morgan fingerprint density at radius 2 is 1.83 bits per heavy atom. The molecule has 5 nitrogen and oxygen atoms in total. The third-order valence-corrected chi connectivity index (χ3v) is 3.68. The molecule has 24 heavy (non-hydrogen) atoms.